The molecule has 0 unspecified atom stereocenters. The second-order valence-electron chi connectivity index (χ2n) is 6.84. The van der Waals surface area contributed by atoms with Crippen LogP contribution in [-0.4, -0.2) is 54.5 Å². The van der Waals surface area contributed by atoms with Gasteiger partial charge in [-0.15, -0.1) is 0 Å². The SMILES string of the molecule is CN[C@H]1CCCC[C@H]1N(C)C(N)=NC(=Nc1cccc(C)c1)C(=N)C(N)=O. The van der Waals surface area contributed by atoms with Crippen molar-refractivity contribution in [3.05, 3.63) is 29.8 Å². The molecule has 2 atom stereocenters. The van der Waals surface area contributed by atoms with E-state index in [1.165, 1.54) is 6.42 Å². The van der Waals surface area contributed by atoms with Crippen molar-refractivity contribution in [1.82, 2.24) is 10.2 Å². The van der Waals surface area contributed by atoms with Crippen molar-refractivity contribution in [3.63, 3.8) is 0 Å². The largest absolute Gasteiger partial charge is 0.369 e. The van der Waals surface area contributed by atoms with E-state index in [0.717, 1.165) is 24.8 Å². The number of nitrogens with zero attached hydrogens (tertiary/aromatic N) is 3. The van der Waals surface area contributed by atoms with Crippen molar-refractivity contribution in [1.29, 1.82) is 5.41 Å². The summed E-state index contributed by atoms with van der Waals surface area (Å²) < 4.78 is 0. The second-order valence-corrected chi connectivity index (χ2v) is 6.84. The fraction of sp³-hybridized carbons (Fsp3) is 0.474. The summed E-state index contributed by atoms with van der Waals surface area (Å²) in [7, 11) is 3.81. The van der Waals surface area contributed by atoms with Crippen molar-refractivity contribution in [2.24, 2.45) is 21.5 Å². The number of nitrogens with one attached hydrogen (secondary N) is 2. The number of hydrogen-bond donors (Lipinski definition) is 4. The minimum absolute atomic E-state index is 0.0886. The third kappa shape index (κ3) is 5.37. The summed E-state index contributed by atoms with van der Waals surface area (Å²) in [5.74, 6) is -0.778. The zero-order valence-electron chi connectivity index (χ0n) is 16.2. The Morgan fingerprint density at radius 3 is 2.63 bits per heavy atom. The van der Waals surface area contributed by atoms with Gasteiger partial charge in [-0.25, -0.2) is 4.99 Å². The van der Waals surface area contributed by atoms with Crippen LogP contribution in [0, 0.1) is 12.3 Å². The first-order chi connectivity index (χ1) is 12.8. The van der Waals surface area contributed by atoms with Crippen LogP contribution >= 0.6 is 0 Å². The normalized spacial score (nSPS) is 21.0. The summed E-state index contributed by atoms with van der Waals surface area (Å²) in [5, 5.41) is 11.3. The highest BCUT2D eigenvalue weighted by Gasteiger charge is 2.28. The number of hydrogen-bond acceptors (Lipinski definition) is 4. The second kappa shape index (κ2) is 9.27. The molecule has 1 aromatic rings. The van der Waals surface area contributed by atoms with E-state index in [1.807, 2.05) is 44.1 Å². The molecule has 27 heavy (non-hydrogen) atoms. The van der Waals surface area contributed by atoms with Gasteiger partial charge in [-0.05, 0) is 44.5 Å². The number of amidine groups is 1. The van der Waals surface area contributed by atoms with Gasteiger partial charge in [0.15, 0.2) is 17.5 Å². The van der Waals surface area contributed by atoms with Crippen molar-refractivity contribution in [3.8, 4) is 0 Å². The molecule has 1 aromatic carbocycles. The molecule has 0 aliphatic heterocycles. The van der Waals surface area contributed by atoms with Crippen LogP contribution in [0.1, 0.15) is 31.2 Å². The Morgan fingerprint density at radius 2 is 2.00 bits per heavy atom. The summed E-state index contributed by atoms with van der Waals surface area (Å²) in [6.07, 6.45) is 4.37. The predicted molar refractivity (Wildman–Crippen MR) is 110 cm³/mol. The van der Waals surface area contributed by atoms with Gasteiger partial charge < -0.3 is 21.7 Å². The molecule has 0 bridgehead atoms. The van der Waals surface area contributed by atoms with E-state index in [-0.39, 0.29) is 17.8 Å². The number of likely N-dealkylation sites (N-methyl/N-ethyl adjacent to an activating group) is 2. The Kier molecular flexibility index (Phi) is 7.06. The van der Waals surface area contributed by atoms with E-state index < -0.39 is 11.6 Å². The minimum Gasteiger partial charge on any atom is -0.369 e. The maximum absolute atomic E-state index is 11.5. The molecule has 1 aliphatic carbocycles. The Labute approximate surface area is 160 Å². The van der Waals surface area contributed by atoms with Crippen LogP contribution < -0.4 is 16.8 Å². The lowest BCUT2D eigenvalue weighted by molar-refractivity contribution is -0.111. The van der Waals surface area contributed by atoms with Crippen LogP contribution in [0.15, 0.2) is 34.3 Å². The van der Waals surface area contributed by atoms with Gasteiger partial charge in [0.25, 0.3) is 5.91 Å². The highest BCUT2D eigenvalue weighted by Crippen LogP contribution is 2.22. The highest BCUT2D eigenvalue weighted by molar-refractivity contribution is 6.66. The zero-order valence-corrected chi connectivity index (χ0v) is 16.2. The number of carbonyl (C=O) groups excluding carboxylic acids is 1. The number of benzene rings is 1. The van der Waals surface area contributed by atoms with Crippen molar-refractivity contribution in [2.75, 3.05) is 14.1 Å². The lowest BCUT2D eigenvalue weighted by Crippen LogP contribution is -2.53. The van der Waals surface area contributed by atoms with Crippen LogP contribution in [0.2, 0.25) is 0 Å². The first-order valence-electron chi connectivity index (χ1n) is 9.11. The number of rotatable bonds is 5. The van der Waals surface area contributed by atoms with E-state index in [2.05, 4.69) is 15.3 Å². The maximum Gasteiger partial charge on any atom is 0.270 e. The summed E-state index contributed by atoms with van der Waals surface area (Å²) in [4.78, 5) is 22.0. The molecule has 0 radical (unpaired) electrons. The van der Waals surface area contributed by atoms with E-state index in [9.17, 15) is 4.79 Å². The van der Waals surface area contributed by atoms with Crippen molar-refractivity contribution < 1.29 is 4.79 Å². The molecule has 8 nitrogen and oxygen atoms in total. The number of primary amides is 1. The molecule has 146 valence electrons. The molecule has 1 saturated carbocycles. The Morgan fingerprint density at radius 1 is 1.30 bits per heavy atom. The van der Waals surface area contributed by atoms with E-state index >= 15 is 0 Å². The molecular weight excluding hydrogens is 342 g/mol. The molecule has 0 heterocycles. The molecule has 1 fully saturated rings. The number of guanidine groups is 1. The number of aliphatic imine (C=N–C) groups is 2. The van der Waals surface area contributed by atoms with Crippen LogP contribution in [0.5, 0.6) is 0 Å². The molecule has 0 aromatic heterocycles. The van der Waals surface area contributed by atoms with Crippen LogP contribution in [0.25, 0.3) is 0 Å². The van der Waals surface area contributed by atoms with Crippen molar-refractivity contribution in [2.45, 2.75) is 44.7 Å². The summed E-state index contributed by atoms with van der Waals surface area (Å²) in [5.41, 5.74) is 12.6. The summed E-state index contributed by atoms with van der Waals surface area (Å²) in [6.45, 7) is 1.93. The fourth-order valence-electron chi connectivity index (χ4n) is 3.34. The molecule has 6 N–H and O–H groups in total. The average Bonchev–Trinajstić information content (AvgIpc) is 2.66. The monoisotopic (exact) mass is 371 g/mol. The molecule has 8 heteroatoms. The third-order valence-corrected chi connectivity index (χ3v) is 4.89. The van der Waals surface area contributed by atoms with Crippen LogP contribution in [-0.2, 0) is 4.79 Å². The maximum atomic E-state index is 11.5. The van der Waals surface area contributed by atoms with Crippen LogP contribution in [0.4, 0.5) is 5.69 Å². The van der Waals surface area contributed by atoms with Gasteiger partial charge in [0.1, 0.15) is 0 Å². The first kappa shape index (κ1) is 20.6. The van der Waals surface area contributed by atoms with E-state index in [0.29, 0.717) is 11.7 Å². The molecule has 1 aliphatic rings. The highest BCUT2D eigenvalue weighted by atomic mass is 16.1. The molecular formula is C19H29N7O. The number of nitrogens with two attached hydrogens (primary N) is 2. The Hall–Kier alpha value is -2.74. The van der Waals surface area contributed by atoms with E-state index in [1.54, 1.807) is 6.07 Å². The van der Waals surface area contributed by atoms with Gasteiger partial charge in [0.2, 0.25) is 0 Å². The first-order valence-corrected chi connectivity index (χ1v) is 9.11. The van der Waals surface area contributed by atoms with Gasteiger partial charge in [0, 0.05) is 19.1 Å². The lowest BCUT2D eigenvalue weighted by atomic mass is 9.89. The zero-order chi connectivity index (χ0) is 20.0. The quantitative estimate of drug-likeness (QED) is 0.459. The number of aryl methyl sites for hydroxylation is 1. The topological polar surface area (TPSA) is 133 Å². The lowest BCUT2D eigenvalue weighted by Gasteiger charge is -2.38. The molecule has 2 rings (SSSR count). The van der Waals surface area contributed by atoms with Gasteiger partial charge in [-0.1, -0.05) is 25.0 Å². The average molecular weight is 371 g/mol. The predicted octanol–water partition coefficient (Wildman–Crippen LogP) is 1.31. The summed E-state index contributed by atoms with van der Waals surface area (Å²) >= 11 is 0. The Balaban J connectivity index is 2.34. The Bertz CT molecular complexity index is 756. The standard InChI is InChI=1S/C19H29N7O/c1-12-7-6-8-13(11-12)24-18(16(20)17(21)27)25-19(22)26(3)15-10-5-4-9-14(15)23-2/h6-8,11,14-15,20,23H,4-5,9-10H2,1-3H3,(H2,21,27)(H2,22,24,25)/t14-,15+/m0/s1. The van der Waals surface area contributed by atoms with Crippen LogP contribution in [0.3, 0.4) is 0 Å². The number of carbonyl (C=O) groups is 1. The third-order valence-electron chi connectivity index (χ3n) is 4.89. The molecule has 0 saturated heterocycles. The number of amides is 1. The van der Waals surface area contributed by atoms with Gasteiger partial charge in [-0.3, -0.25) is 10.2 Å². The van der Waals surface area contributed by atoms with E-state index in [4.69, 9.17) is 16.9 Å². The van der Waals surface area contributed by atoms with Crippen molar-refractivity contribution >= 4 is 29.1 Å². The molecule has 1 amide bonds. The molecule has 0 spiro atoms. The fourth-order valence-corrected chi connectivity index (χ4v) is 3.34. The smallest absolute Gasteiger partial charge is 0.270 e. The minimum atomic E-state index is -0.897. The van der Waals surface area contributed by atoms with Gasteiger partial charge >= 0.3 is 0 Å². The van der Waals surface area contributed by atoms with Gasteiger partial charge in [-0.2, -0.15) is 4.99 Å². The van der Waals surface area contributed by atoms with Gasteiger partial charge in [0.05, 0.1) is 5.69 Å². The summed E-state index contributed by atoms with van der Waals surface area (Å²) in [6, 6.07) is 7.89.